The first kappa shape index (κ1) is 26.7. The molecule has 0 saturated carbocycles. The van der Waals surface area contributed by atoms with E-state index in [1.54, 1.807) is 23.5 Å². The van der Waals surface area contributed by atoms with Crippen molar-refractivity contribution in [1.29, 1.82) is 0 Å². The first-order valence-electron chi connectivity index (χ1n) is 10.0. The van der Waals surface area contributed by atoms with Crippen molar-refractivity contribution in [3.63, 3.8) is 0 Å². The molecule has 0 aromatic heterocycles. The van der Waals surface area contributed by atoms with Gasteiger partial charge in [0.15, 0.2) is 0 Å². The molecular weight excluding hydrogens is 465 g/mol. The molecule has 1 saturated heterocycles. The standard InChI is InChI=1S/C21H25F3N2O8/c1-31-13-8-7-12(15(10-13)32-2)11-26-16(27)14(6-5-9-25-17(28)21(22,23)24)20(26,18(29)33-3)19(30)34-4/h7-8,10,14H,5-6,9,11H2,1-4H3,(H,25,28)/t14-/m0/s1. The van der Waals surface area contributed by atoms with Gasteiger partial charge in [0, 0.05) is 18.2 Å². The Morgan fingerprint density at radius 2 is 1.68 bits per heavy atom. The van der Waals surface area contributed by atoms with Crippen molar-refractivity contribution >= 4 is 23.8 Å². The van der Waals surface area contributed by atoms with E-state index in [-0.39, 0.29) is 19.4 Å². The van der Waals surface area contributed by atoms with Gasteiger partial charge in [-0.15, -0.1) is 0 Å². The molecule has 0 spiro atoms. The summed E-state index contributed by atoms with van der Waals surface area (Å²) in [5.41, 5.74) is -1.70. The predicted molar refractivity (Wildman–Crippen MR) is 109 cm³/mol. The maximum Gasteiger partial charge on any atom is 0.471 e. The number of methoxy groups -OCH3 is 4. The predicted octanol–water partition coefficient (Wildman–Crippen LogP) is 1.21. The van der Waals surface area contributed by atoms with Crippen LogP contribution in [0, 0.1) is 5.92 Å². The Labute approximate surface area is 193 Å². The summed E-state index contributed by atoms with van der Waals surface area (Å²) in [6.45, 7) is -0.648. The van der Waals surface area contributed by atoms with Gasteiger partial charge in [0.05, 0.1) is 40.9 Å². The van der Waals surface area contributed by atoms with Crippen LogP contribution in [0.25, 0.3) is 0 Å². The fraction of sp³-hybridized carbons (Fsp3) is 0.524. The fourth-order valence-electron chi connectivity index (χ4n) is 3.86. The van der Waals surface area contributed by atoms with Crippen LogP contribution in [0.2, 0.25) is 0 Å². The second kappa shape index (κ2) is 10.6. The number of hydrogen-bond donors (Lipinski definition) is 1. The van der Waals surface area contributed by atoms with E-state index in [9.17, 15) is 32.3 Å². The molecule has 10 nitrogen and oxygen atoms in total. The number of halogens is 3. The van der Waals surface area contributed by atoms with Gasteiger partial charge in [-0.1, -0.05) is 0 Å². The van der Waals surface area contributed by atoms with E-state index in [1.807, 2.05) is 0 Å². The second-order valence-corrected chi connectivity index (χ2v) is 7.30. The number of likely N-dealkylation sites (tertiary alicyclic amines) is 1. The van der Waals surface area contributed by atoms with Crippen molar-refractivity contribution < 1.29 is 51.3 Å². The molecular formula is C21H25F3N2O8. The zero-order valence-corrected chi connectivity index (χ0v) is 19.0. The molecule has 0 bridgehead atoms. The maximum atomic E-state index is 13.0. The lowest BCUT2D eigenvalue weighted by molar-refractivity contribution is -0.203. The molecule has 1 aromatic carbocycles. The Balaban J connectivity index is 2.31. The van der Waals surface area contributed by atoms with Gasteiger partial charge in [0.1, 0.15) is 11.5 Å². The molecule has 2 rings (SSSR count). The molecule has 2 amide bonds. The zero-order chi connectivity index (χ0) is 25.7. The fourth-order valence-corrected chi connectivity index (χ4v) is 3.86. The summed E-state index contributed by atoms with van der Waals surface area (Å²) in [6, 6.07) is 4.74. The van der Waals surface area contributed by atoms with Crippen molar-refractivity contribution in [1.82, 2.24) is 10.2 Å². The van der Waals surface area contributed by atoms with Gasteiger partial charge < -0.3 is 29.2 Å². The first-order valence-corrected chi connectivity index (χ1v) is 10.0. The van der Waals surface area contributed by atoms with Crippen LogP contribution in [0.15, 0.2) is 18.2 Å². The minimum Gasteiger partial charge on any atom is -0.497 e. The molecule has 34 heavy (non-hydrogen) atoms. The lowest BCUT2D eigenvalue weighted by atomic mass is 9.70. The highest BCUT2D eigenvalue weighted by atomic mass is 19.4. The van der Waals surface area contributed by atoms with E-state index in [0.717, 1.165) is 19.1 Å². The number of esters is 2. The molecule has 188 valence electrons. The molecule has 1 fully saturated rings. The molecule has 0 unspecified atom stereocenters. The van der Waals surface area contributed by atoms with Gasteiger partial charge in [0.25, 0.3) is 5.54 Å². The summed E-state index contributed by atoms with van der Waals surface area (Å²) >= 11 is 0. The van der Waals surface area contributed by atoms with Crippen LogP contribution in [0.4, 0.5) is 13.2 Å². The summed E-state index contributed by atoms with van der Waals surface area (Å²) in [5, 5.41) is 1.68. The smallest absolute Gasteiger partial charge is 0.471 e. The van der Waals surface area contributed by atoms with E-state index in [2.05, 4.69) is 0 Å². The van der Waals surface area contributed by atoms with Crippen molar-refractivity contribution in [3.8, 4) is 11.5 Å². The number of amides is 2. The molecule has 1 N–H and O–H groups in total. The van der Waals surface area contributed by atoms with Gasteiger partial charge in [0.2, 0.25) is 5.91 Å². The number of nitrogens with one attached hydrogen (secondary N) is 1. The van der Waals surface area contributed by atoms with E-state index in [0.29, 0.717) is 17.1 Å². The molecule has 1 atom stereocenters. The average molecular weight is 490 g/mol. The number of alkyl halides is 3. The van der Waals surface area contributed by atoms with Gasteiger partial charge >= 0.3 is 24.0 Å². The molecule has 0 radical (unpaired) electrons. The van der Waals surface area contributed by atoms with Gasteiger partial charge in [-0.3, -0.25) is 9.59 Å². The Bertz CT molecular complexity index is 934. The normalized spacial score (nSPS) is 16.9. The van der Waals surface area contributed by atoms with Crippen LogP contribution in [0.3, 0.4) is 0 Å². The first-order chi connectivity index (χ1) is 16.0. The largest absolute Gasteiger partial charge is 0.497 e. The van der Waals surface area contributed by atoms with Gasteiger partial charge in [-0.05, 0) is 25.0 Å². The number of nitrogens with zero attached hydrogens (tertiary/aromatic N) is 1. The average Bonchev–Trinajstić information content (AvgIpc) is 2.82. The molecule has 1 heterocycles. The number of rotatable bonds is 10. The van der Waals surface area contributed by atoms with Crippen molar-refractivity contribution in [2.75, 3.05) is 35.0 Å². The summed E-state index contributed by atoms with van der Waals surface area (Å²) in [6.07, 6.45) is -5.35. The minimum atomic E-state index is -5.05. The van der Waals surface area contributed by atoms with Crippen molar-refractivity contribution in [3.05, 3.63) is 23.8 Å². The van der Waals surface area contributed by atoms with Crippen LogP contribution in [-0.2, 0) is 35.2 Å². The molecule has 1 aliphatic rings. The van der Waals surface area contributed by atoms with Gasteiger partial charge in [-0.2, -0.15) is 13.2 Å². The number of hydrogen-bond acceptors (Lipinski definition) is 8. The van der Waals surface area contributed by atoms with Crippen LogP contribution in [0.5, 0.6) is 11.5 Å². The highest BCUT2D eigenvalue weighted by molar-refractivity contribution is 6.16. The third-order valence-electron chi connectivity index (χ3n) is 5.52. The number of carbonyl (C=O) groups is 4. The zero-order valence-electron chi connectivity index (χ0n) is 19.0. The summed E-state index contributed by atoms with van der Waals surface area (Å²) in [7, 11) is 4.90. The Morgan fingerprint density at radius 1 is 1.06 bits per heavy atom. The van der Waals surface area contributed by atoms with E-state index in [1.165, 1.54) is 14.2 Å². The summed E-state index contributed by atoms with van der Waals surface area (Å²) < 4.78 is 57.1. The van der Waals surface area contributed by atoms with E-state index in [4.69, 9.17) is 18.9 Å². The molecule has 0 aliphatic carbocycles. The lowest BCUT2D eigenvalue weighted by Gasteiger charge is -2.53. The molecule has 1 aromatic rings. The topological polar surface area (TPSA) is 120 Å². The Hall–Kier alpha value is -3.51. The van der Waals surface area contributed by atoms with E-state index >= 15 is 0 Å². The number of β-lactam (4-membered cyclic amide) rings is 1. The third-order valence-corrected chi connectivity index (χ3v) is 5.52. The van der Waals surface area contributed by atoms with Crippen molar-refractivity contribution in [2.45, 2.75) is 31.1 Å². The summed E-state index contributed by atoms with van der Waals surface area (Å²) in [5.74, 6) is -5.33. The quantitative estimate of drug-likeness (QED) is 0.225. The summed E-state index contributed by atoms with van der Waals surface area (Å²) in [4.78, 5) is 50.6. The number of ether oxygens (including phenoxy) is 4. The third kappa shape index (κ3) is 4.87. The molecule has 13 heteroatoms. The van der Waals surface area contributed by atoms with Crippen LogP contribution < -0.4 is 14.8 Å². The Kier molecular flexibility index (Phi) is 8.35. The monoisotopic (exact) mass is 490 g/mol. The van der Waals surface area contributed by atoms with E-state index < -0.39 is 47.9 Å². The SMILES string of the molecule is COC(=O)C1(C(=O)OC)[C@@H](CCCNC(=O)C(F)(F)F)C(=O)N1Cc1ccc(OC)cc1OC. The van der Waals surface area contributed by atoms with Crippen molar-refractivity contribution in [2.24, 2.45) is 5.92 Å². The van der Waals surface area contributed by atoms with Gasteiger partial charge in [-0.25, -0.2) is 9.59 Å². The second-order valence-electron chi connectivity index (χ2n) is 7.30. The highest BCUT2D eigenvalue weighted by Gasteiger charge is 2.71. The van der Waals surface area contributed by atoms with Crippen LogP contribution in [0.1, 0.15) is 18.4 Å². The Morgan fingerprint density at radius 3 is 2.18 bits per heavy atom. The van der Waals surface area contributed by atoms with Crippen LogP contribution >= 0.6 is 0 Å². The van der Waals surface area contributed by atoms with Crippen LogP contribution in [-0.4, -0.2) is 75.4 Å². The molecule has 1 aliphatic heterocycles. The maximum absolute atomic E-state index is 13.0. The lowest BCUT2D eigenvalue weighted by Crippen LogP contribution is -2.78. The number of benzene rings is 1. The number of carbonyl (C=O) groups excluding carboxylic acids is 4. The highest BCUT2D eigenvalue weighted by Crippen LogP contribution is 2.45. The minimum absolute atomic E-state index is 0.117.